The number of esters is 1. The number of benzene rings is 1. The second-order valence-corrected chi connectivity index (χ2v) is 8.24. The fourth-order valence-electron chi connectivity index (χ4n) is 3.44. The van der Waals surface area contributed by atoms with Crippen LogP contribution in [-0.2, 0) is 23.1 Å². The smallest absolute Gasteiger partial charge is 0.302 e. The van der Waals surface area contributed by atoms with Crippen LogP contribution in [-0.4, -0.2) is 40.9 Å². The Hall–Kier alpha value is -1.92. The van der Waals surface area contributed by atoms with Gasteiger partial charge >= 0.3 is 5.97 Å². The van der Waals surface area contributed by atoms with Gasteiger partial charge in [0.1, 0.15) is 0 Å². The third-order valence-electron chi connectivity index (χ3n) is 4.83. The van der Waals surface area contributed by atoms with Gasteiger partial charge in [-0.3, -0.25) is 4.79 Å². The molecule has 0 aliphatic carbocycles. The highest BCUT2D eigenvalue weighted by Crippen LogP contribution is 2.27. The Morgan fingerprint density at radius 3 is 3.00 bits per heavy atom. The number of carbonyl (C=O) groups is 1. The largest absolute Gasteiger partial charge is 0.466 e. The first-order valence-electron chi connectivity index (χ1n) is 9.58. The molecule has 28 heavy (non-hydrogen) atoms. The van der Waals surface area contributed by atoms with Gasteiger partial charge in [0.2, 0.25) is 0 Å². The van der Waals surface area contributed by atoms with Crippen LogP contribution in [0.15, 0.2) is 35.4 Å². The Labute approximate surface area is 175 Å². The Bertz CT molecular complexity index is 920. The fraction of sp³-hybridized carbons (Fsp3) is 0.429. The fourth-order valence-corrected chi connectivity index (χ4v) is 4.71. The number of hydrogen-bond acceptors (Lipinski definition) is 4. The van der Waals surface area contributed by atoms with Gasteiger partial charge in [-0.05, 0) is 25.1 Å². The number of imidazole rings is 1. The van der Waals surface area contributed by atoms with Gasteiger partial charge in [0, 0.05) is 49.4 Å². The maximum absolute atomic E-state index is 11.0. The van der Waals surface area contributed by atoms with Crippen molar-refractivity contribution < 1.29 is 14.1 Å². The summed E-state index contributed by atoms with van der Waals surface area (Å²) in [5.41, 5.74) is 2.20. The lowest BCUT2D eigenvalue weighted by Gasteiger charge is -2.14. The number of halogens is 1. The van der Waals surface area contributed by atoms with Crippen LogP contribution in [0.25, 0.3) is 17.1 Å². The van der Waals surface area contributed by atoms with E-state index in [1.165, 1.54) is 12.0 Å². The molecule has 0 N–H and O–H groups in total. The zero-order chi connectivity index (χ0) is 20.1. The predicted octanol–water partition coefficient (Wildman–Crippen LogP) is 4.00. The Kier molecular flexibility index (Phi) is 7.08. The Balaban J connectivity index is 1.89. The van der Waals surface area contributed by atoms with Crippen molar-refractivity contribution in [2.24, 2.45) is 7.05 Å². The highest BCUT2D eigenvalue weighted by Gasteiger charge is 2.21. The minimum Gasteiger partial charge on any atom is -0.466 e. The maximum atomic E-state index is 11.0. The molecular formula is C21H27ClN3O2S+. The summed E-state index contributed by atoms with van der Waals surface area (Å²) in [6.45, 7) is 6.96. The lowest BCUT2D eigenvalue weighted by atomic mass is 10.3. The van der Waals surface area contributed by atoms with Crippen LogP contribution in [0.2, 0.25) is 5.02 Å². The molecule has 1 aliphatic heterocycles. The standard InChI is InChI=1S/C21H27ClN3O2S/c1-4-24-12-14-28-21(24)8-5-7-20-23(3)19-15-17(22)9-10-18(19)25(20)11-6-13-27-16(2)26/h5,7-10,15H,4,6,11-14H2,1-3H3/q+1. The minimum absolute atomic E-state index is 0.240. The number of fused-ring (bicyclic) bond motifs is 1. The molecule has 0 bridgehead atoms. The third kappa shape index (κ3) is 4.73. The third-order valence-corrected chi connectivity index (χ3v) is 6.14. The van der Waals surface area contributed by atoms with Gasteiger partial charge in [0.05, 0.1) is 25.2 Å². The number of allylic oxidation sites excluding steroid dienone is 2. The highest BCUT2D eigenvalue weighted by atomic mass is 35.5. The first-order valence-corrected chi connectivity index (χ1v) is 10.9. The van der Waals surface area contributed by atoms with Crippen LogP contribution < -0.4 is 4.57 Å². The van der Waals surface area contributed by atoms with Gasteiger partial charge in [0.25, 0.3) is 5.82 Å². The molecule has 5 nitrogen and oxygen atoms in total. The van der Waals surface area contributed by atoms with E-state index in [-0.39, 0.29) is 5.97 Å². The first-order chi connectivity index (χ1) is 13.5. The number of nitrogens with zero attached hydrogens (tertiary/aromatic N) is 3. The molecule has 2 aromatic rings. The van der Waals surface area contributed by atoms with Crippen LogP contribution >= 0.6 is 23.4 Å². The van der Waals surface area contributed by atoms with Gasteiger partial charge in [-0.1, -0.05) is 17.7 Å². The van der Waals surface area contributed by atoms with Crippen LogP contribution in [0.1, 0.15) is 26.1 Å². The zero-order valence-electron chi connectivity index (χ0n) is 16.7. The second-order valence-electron chi connectivity index (χ2n) is 6.69. The summed E-state index contributed by atoms with van der Waals surface area (Å²) in [4.78, 5) is 13.4. The highest BCUT2D eigenvalue weighted by molar-refractivity contribution is 8.03. The van der Waals surface area contributed by atoms with Crippen molar-refractivity contribution in [2.45, 2.75) is 26.8 Å². The number of rotatable bonds is 7. The molecular weight excluding hydrogens is 394 g/mol. The summed E-state index contributed by atoms with van der Waals surface area (Å²) < 4.78 is 9.51. The molecule has 0 spiro atoms. The zero-order valence-corrected chi connectivity index (χ0v) is 18.2. The van der Waals surface area contributed by atoms with E-state index in [1.54, 1.807) is 0 Å². The summed E-state index contributed by atoms with van der Waals surface area (Å²) in [6.07, 6.45) is 7.20. The van der Waals surface area contributed by atoms with E-state index in [0.29, 0.717) is 6.61 Å². The quantitative estimate of drug-likeness (QED) is 0.385. The topological polar surface area (TPSA) is 38.4 Å². The molecule has 0 saturated carbocycles. The summed E-state index contributed by atoms with van der Waals surface area (Å²) in [6, 6.07) is 5.95. The molecule has 1 saturated heterocycles. The lowest BCUT2D eigenvalue weighted by Crippen LogP contribution is -2.37. The lowest BCUT2D eigenvalue weighted by molar-refractivity contribution is -0.674. The van der Waals surface area contributed by atoms with Crippen molar-refractivity contribution in [3.63, 3.8) is 0 Å². The van der Waals surface area contributed by atoms with E-state index in [1.807, 2.05) is 30.0 Å². The normalized spacial score (nSPS) is 16.0. The van der Waals surface area contributed by atoms with E-state index in [4.69, 9.17) is 16.3 Å². The van der Waals surface area contributed by atoms with E-state index < -0.39 is 0 Å². The number of thioether (sulfide) groups is 1. The first kappa shape index (κ1) is 20.8. The number of ether oxygens (including phenoxy) is 1. The van der Waals surface area contributed by atoms with E-state index in [9.17, 15) is 4.79 Å². The molecule has 0 amide bonds. The molecule has 150 valence electrons. The number of hydrogen-bond donors (Lipinski definition) is 0. The van der Waals surface area contributed by atoms with Gasteiger partial charge < -0.3 is 9.64 Å². The second kappa shape index (κ2) is 9.52. The summed E-state index contributed by atoms with van der Waals surface area (Å²) >= 11 is 8.12. The molecule has 1 aliphatic rings. The van der Waals surface area contributed by atoms with E-state index >= 15 is 0 Å². The summed E-state index contributed by atoms with van der Waals surface area (Å²) in [7, 11) is 2.05. The molecule has 0 radical (unpaired) electrons. The van der Waals surface area contributed by atoms with E-state index in [2.05, 4.69) is 46.2 Å². The molecule has 0 atom stereocenters. The SMILES string of the molecule is CCN1CCS/C1=C\C=C\c1n(C)c2cc(Cl)ccc2[n+]1CCCOC(C)=O. The Morgan fingerprint density at radius 1 is 1.43 bits per heavy atom. The van der Waals surface area contributed by atoms with Crippen molar-refractivity contribution in [3.05, 3.63) is 46.2 Å². The van der Waals surface area contributed by atoms with Gasteiger partial charge in [-0.15, -0.1) is 11.8 Å². The summed E-state index contributed by atoms with van der Waals surface area (Å²) in [5.74, 6) is 2.00. The van der Waals surface area contributed by atoms with Crippen LogP contribution in [0.4, 0.5) is 0 Å². The van der Waals surface area contributed by atoms with Crippen molar-refractivity contribution >= 4 is 46.4 Å². The predicted molar refractivity (Wildman–Crippen MR) is 116 cm³/mol. The molecule has 1 aromatic carbocycles. The van der Waals surface area contributed by atoms with Crippen LogP contribution in [0.3, 0.4) is 0 Å². The van der Waals surface area contributed by atoms with Gasteiger partial charge in [-0.25, -0.2) is 9.13 Å². The molecule has 7 heteroatoms. The van der Waals surface area contributed by atoms with Crippen molar-refractivity contribution in [1.29, 1.82) is 0 Å². The molecule has 2 heterocycles. The minimum atomic E-state index is -0.240. The van der Waals surface area contributed by atoms with E-state index in [0.717, 1.165) is 53.7 Å². The Morgan fingerprint density at radius 2 is 2.25 bits per heavy atom. The van der Waals surface area contributed by atoms with Gasteiger partial charge in [0.15, 0.2) is 11.0 Å². The van der Waals surface area contributed by atoms with Crippen molar-refractivity contribution in [2.75, 3.05) is 25.4 Å². The molecule has 1 fully saturated rings. The van der Waals surface area contributed by atoms with Crippen LogP contribution in [0, 0.1) is 0 Å². The maximum Gasteiger partial charge on any atom is 0.302 e. The molecule has 3 rings (SSSR count). The monoisotopic (exact) mass is 420 g/mol. The van der Waals surface area contributed by atoms with Crippen LogP contribution in [0.5, 0.6) is 0 Å². The molecule has 0 unspecified atom stereocenters. The van der Waals surface area contributed by atoms with Crippen molar-refractivity contribution in [1.82, 2.24) is 9.47 Å². The van der Waals surface area contributed by atoms with Gasteiger partial charge in [-0.2, -0.15) is 0 Å². The number of aromatic nitrogens is 2. The summed E-state index contributed by atoms with van der Waals surface area (Å²) in [5, 5.41) is 2.04. The molecule has 1 aromatic heterocycles. The number of carbonyl (C=O) groups excluding carboxylic acids is 1. The average molecular weight is 421 g/mol. The number of aryl methyl sites for hydroxylation is 2. The van der Waals surface area contributed by atoms with Crippen molar-refractivity contribution in [3.8, 4) is 0 Å². The average Bonchev–Trinajstić information content (AvgIpc) is 3.22.